The van der Waals surface area contributed by atoms with Gasteiger partial charge in [-0.2, -0.15) is 0 Å². The number of esters is 1. The Balaban J connectivity index is 3.30. The van der Waals surface area contributed by atoms with Crippen molar-refractivity contribution < 1.29 is 14.5 Å². The quantitative estimate of drug-likeness (QED) is 0.374. The molecule has 0 aliphatic heterocycles. The number of carbonyl (C=O) groups is 1. The second-order valence-electron chi connectivity index (χ2n) is 3.40. The van der Waals surface area contributed by atoms with Gasteiger partial charge >= 0.3 is 5.97 Å². The summed E-state index contributed by atoms with van der Waals surface area (Å²) in [5.74, 6) is -0.545. The van der Waals surface area contributed by atoms with Crippen molar-refractivity contribution in [2.45, 2.75) is 20.3 Å². The summed E-state index contributed by atoms with van der Waals surface area (Å²) in [7, 11) is 0. The van der Waals surface area contributed by atoms with E-state index in [2.05, 4.69) is 0 Å². The van der Waals surface area contributed by atoms with Crippen LogP contribution in [-0.2, 0) is 11.2 Å². The number of non-ortho nitro benzene ring substituents is 1. The predicted octanol–water partition coefficient (Wildman–Crippen LogP) is 1.92. The zero-order valence-corrected chi connectivity index (χ0v) is 9.73. The molecule has 0 unspecified atom stereocenters. The zero-order valence-electron chi connectivity index (χ0n) is 9.73. The summed E-state index contributed by atoms with van der Waals surface area (Å²) in [6.07, 6.45) is 0.472. The minimum atomic E-state index is -0.545. The number of carbonyl (C=O) groups excluding carboxylic acids is 1. The maximum absolute atomic E-state index is 11.7. The van der Waals surface area contributed by atoms with Crippen LogP contribution in [0.2, 0.25) is 0 Å². The lowest BCUT2D eigenvalue weighted by Gasteiger charge is -2.09. The van der Waals surface area contributed by atoms with Crippen LogP contribution in [0.1, 0.15) is 29.8 Å². The summed E-state index contributed by atoms with van der Waals surface area (Å²) in [5.41, 5.74) is 6.37. The van der Waals surface area contributed by atoms with E-state index in [4.69, 9.17) is 10.5 Å². The van der Waals surface area contributed by atoms with Crippen LogP contribution in [0, 0.1) is 10.1 Å². The Hall–Kier alpha value is -2.11. The third-order valence-corrected chi connectivity index (χ3v) is 2.31. The van der Waals surface area contributed by atoms with Gasteiger partial charge in [-0.05, 0) is 18.9 Å². The number of rotatable bonds is 4. The van der Waals surface area contributed by atoms with Gasteiger partial charge in [0, 0.05) is 12.1 Å². The van der Waals surface area contributed by atoms with Gasteiger partial charge in [0.25, 0.3) is 5.69 Å². The summed E-state index contributed by atoms with van der Waals surface area (Å²) in [6.45, 7) is 3.71. The summed E-state index contributed by atoms with van der Waals surface area (Å²) < 4.78 is 4.86. The molecule has 0 radical (unpaired) electrons. The van der Waals surface area contributed by atoms with E-state index in [1.165, 1.54) is 12.1 Å². The number of nitro benzene ring substituents is 1. The standard InChI is InChI=1S/C11H14N2O4/c1-3-7-5-8(13(15)16)6-9(12)10(7)11(14)17-4-2/h5-6H,3-4,12H2,1-2H3. The topological polar surface area (TPSA) is 95.5 Å². The maximum Gasteiger partial charge on any atom is 0.340 e. The Morgan fingerprint density at radius 3 is 2.59 bits per heavy atom. The van der Waals surface area contributed by atoms with Gasteiger partial charge < -0.3 is 10.5 Å². The van der Waals surface area contributed by atoms with Gasteiger partial charge in [-0.1, -0.05) is 6.92 Å². The molecule has 0 aromatic heterocycles. The molecule has 0 saturated heterocycles. The van der Waals surface area contributed by atoms with Crippen LogP contribution in [0.25, 0.3) is 0 Å². The first-order valence-corrected chi connectivity index (χ1v) is 5.25. The molecule has 1 aromatic rings. The summed E-state index contributed by atoms with van der Waals surface area (Å²) in [5, 5.41) is 10.7. The third-order valence-electron chi connectivity index (χ3n) is 2.31. The van der Waals surface area contributed by atoms with Gasteiger partial charge in [0.15, 0.2) is 0 Å². The monoisotopic (exact) mass is 238 g/mol. The average Bonchev–Trinajstić information content (AvgIpc) is 2.27. The number of nitrogens with zero attached hydrogens (tertiary/aromatic N) is 1. The molecule has 0 heterocycles. The lowest BCUT2D eigenvalue weighted by atomic mass is 10.0. The third kappa shape index (κ3) is 2.72. The normalized spacial score (nSPS) is 10.0. The molecule has 1 rings (SSSR count). The van der Waals surface area contributed by atoms with E-state index >= 15 is 0 Å². The van der Waals surface area contributed by atoms with Gasteiger partial charge in [0.2, 0.25) is 0 Å². The van der Waals surface area contributed by atoms with Crippen molar-refractivity contribution in [3.05, 3.63) is 33.4 Å². The van der Waals surface area contributed by atoms with Gasteiger partial charge in [-0.3, -0.25) is 10.1 Å². The fraction of sp³-hybridized carbons (Fsp3) is 0.364. The van der Waals surface area contributed by atoms with Crippen molar-refractivity contribution in [1.29, 1.82) is 0 Å². The van der Waals surface area contributed by atoms with E-state index in [0.29, 0.717) is 12.0 Å². The Bertz CT molecular complexity index is 457. The van der Waals surface area contributed by atoms with E-state index in [-0.39, 0.29) is 23.5 Å². The molecular formula is C11H14N2O4. The molecule has 0 aliphatic carbocycles. The van der Waals surface area contributed by atoms with Crippen LogP contribution < -0.4 is 5.73 Å². The number of nitrogens with two attached hydrogens (primary N) is 1. The molecule has 0 fully saturated rings. The molecule has 0 saturated carbocycles. The average molecular weight is 238 g/mol. The molecule has 6 nitrogen and oxygen atoms in total. The first-order chi connectivity index (χ1) is 8.01. The fourth-order valence-corrected chi connectivity index (χ4v) is 1.55. The summed E-state index contributed by atoms with van der Waals surface area (Å²) in [6, 6.07) is 2.52. The number of hydrogen-bond donors (Lipinski definition) is 1. The highest BCUT2D eigenvalue weighted by Gasteiger charge is 2.20. The highest BCUT2D eigenvalue weighted by Crippen LogP contribution is 2.25. The maximum atomic E-state index is 11.7. The first-order valence-electron chi connectivity index (χ1n) is 5.25. The number of anilines is 1. The Kier molecular flexibility index (Phi) is 4.03. The Labute approximate surface area is 98.5 Å². The van der Waals surface area contributed by atoms with Gasteiger partial charge in [0.1, 0.15) is 0 Å². The van der Waals surface area contributed by atoms with Crippen molar-refractivity contribution in [2.24, 2.45) is 0 Å². The molecule has 92 valence electrons. The van der Waals surface area contributed by atoms with Crippen LogP contribution in [0.15, 0.2) is 12.1 Å². The van der Waals surface area contributed by atoms with E-state index in [0.717, 1.165) is 0 Å². The smallest absolute Gasteiger partial charge is 0.340 e. The van der Waals surface area contributed by atoms with Crippen LogP contribution in [0.5, 0.6) is 0 Å². The minimum Gasteiger partial charge on any atom is -0.462 e. The van der Waals surface area contributed by atoms with Gasteiger partial charge in [-0.25, -0.2) is 4.79 Å². The van der Waals surface area contributed by atoms with Crippen LogP contribution in [0.3, 0.4) is 0 Å². The lowest BCUT2D eigenvalue weighted by Crippen LogP contribution is -2.11. The molecule has 6 heteroatoms. The molecule has 17 heavy (non-hydrogen) atoms. The predicted molar refractivity (Wildman–Crippen MR) is 62.8 cm³/mol. The van der Waals surface area contributed by atoms with Crippen molar-refractivity contribution >= 4 is 17.3 Å². The number of nitro groups is 1. The second-order valence-corrected chi connectivity index (χ2v) is 3.40. The molecule has 0 amide bonds. The SMILES string of the molecule is CCOC(=O)c1c(N)cc([N+](=O)[O-])cc1CC. The van der Waals surface area contributed by atoms with Crippen LogP contribution in [0.4, 0.5) is 11.4 Å². The first kappa shape index (κ1) is 13.0. The van der Waals surface area contributed by atoms with Crippen LogP contribution in [-0.4, -0.2) is 17.5 Å². The fourth-order valence-electron chi connectivity index (χ4n) is 1.55. The molecule has 0 spiro atoms. The van der Waals surface area contributed by atoms with Gasteiger partial charge in [-0.15, -0.1) is 0 Å². The van der Waals surface area contributed by atoms with Crippen molar-refractivity contribution in [1.82, 2.24) is 0 Å². The zero-order chi connectivity index (χ0) is 13.0. The Morgan fingerprint density at radius 1 is 1.47 bits per heavy atom. The van der Waals surface area contributed by atoms with E-state index < -0.39 is 10.9 Å². The lowest BCUT2D eigenvalue weighted by molar-refractivity contribution is -0.384. The molecule has 1 aromatic carbocycles. The second kappa shape index (κ2) is 5.29. The summed E-state index contributed by atoms with van der Waals surface area (Å²) in [4.78, 5) is 21.8. The largest absolute Gasteiger partial charge is 0.462 e. The van der Waals surface area contributed by atoms with E-state index in [1.54, 1.807) is 13.8 Å². The van der Waals surface area contributed by atoms with Crippen LogP contribution >= 0.6 is 0 Å². The number of ether oxygens (including phenoxy) is 1. The minimum absolute atomic E-state index is 0.0782. The Morgan fingerprint density at radius 2 is 2.12 bits per heavy atom. The molecular weight excluding hydrogens is 224 g/mol. The van der Waals surface area contributed by atoms with E-state index in [1.807, 2.05) is 0 Å². The molecule has 0 atom stereocenters. The summed E-state index contributed by atoms with van der Waals surface area (Å²) >= 11 is 0. The van der Waals surface area contributed by atoms with Crippen molar-refractivity contribution in [2.75, 3.05) is 12.3 Å². The highest BCUT2D eigenvalue weighted by atomic mass is 16.6. The van der Waals surface area contributed by atoms with E-state index in [9.17, 15) is 14.9 Å². The molecule has 0 aliphatic rings. The number of benzene rings is 1. The molecule has 2 N–H and O–H groups in total. The molecule has 0 bridgehead atoms. The number of aryl methyl sites for hydroxylation is 1. The van der Waals surface area contributed by atoms with Crippen molar-refractivity contribution in [3.8, 4) is 0 Å². The number of hydrogen-bond acceptors (Lipinski definition) is 5. The van der Waals surface area contributed by atoms with Crippen molar-refractivity contribution in [3.63, 3.8) is 0 Å². The number of nitrogen functional groups attached to an aromatic ring is 1. The highest BCUT2D eigenvalue weighted by molar-refractivity contribution is 5.97. The van der Waals surface area contributed by atoms with Gasteiger partial charge in [0.05, 0.1) is 22.8 Å².